The molecule has 1 aromatic carbocycles. The molecule has 0 bridgehead atoms. The molecule has 0 spiro atoms. The molecule has 0 aliphatic heterocycles. The molecule has 4 heteroatoms. The summed E-state index contributed by atoms with van der Waals surface area (Å²) in [7, 11) is 0. The first-order chi connectivity index (χ1) is 9.99. The zero-order valence-electron chi connectivity index (χ0n) is 12.1. The van der Waals surface area contributed by atoms with Crippen LogP contribution in [0.4, 0.5) is 4.39 Å². The second-order valence-corrected chi connectivity index (χ2v) is 4.46. The van der Waals surface area contributed by atoms with Crippen molar-refractivity contribution in [1.82, 2.24) is 5.43 Å². The Bertz CT molecular complexity index is 603. The summed E-state index contributed by atoms with van der Waals surface area (Å²) in [6.45, 7) is 9.52. The Morgan fingerprint density at radius 2 is 1.90 bits per heavy atom. The topological polar surface area (TPSA) is 64.1 Å². The lowest BCUT2D eigenvalue weighted by Gasteiger charge is -2.13. The summed E-state index contributed by atoms with van der Waals surface area (Å²) in [5, 5.41) is 0. The van der Waals surface area contributed by atoms with Crippen LogP contribution in [0, 0.1) is 5.82 Å². The molecule has 0 atom stereocenters. The van der Waals surface area contributed by atoms with Crippen LogP contribution in [0.1, 0.15) is 12.5 Å². The largest absolute Gasteiger partial charge is 0.402 e. The highest BCUT2D eigenvalue weighted by Crippen LogP contribution is 2.28. The number of halogens is 1. The lowest BCUT2D eigenvalue weighted by atomic mass is 9.93. The molecule has 3 nitrogen and oxygen atoms in total. The van der Waals surface area contributed by atoms with Crippen LogP contribution in [-0.2, 0) is 0 Å². The zero-order valence-corrected chi connectivity index (χ0v) is 12.1. The van der Waals surface area contributed by atoms with Gasteiger partial charge in [0.1, 0.15) is 5.82 Å². The van der Waals surface area contributed by atoms with Crippen molar-refractivity contribution in [3.05, 3.63) is 90.1 Å². The third kappa shape index (κ3) is 4.78. The van der Waals surface area contributed by atoms with Gasteiger partial charge < -0.3 is 11.2 Å². The van der Waals surface area contributed by atoms with E-state index in [0.29, 0.717) is 11.3 Å². The molecule has 5 N–H and O–H groups in total. The van der Waals surface area contributed by atoms with Gasteiger partial charge in [-0.05, 0) is 41.8 Å². The lowest BCUT2D eigenvalue weighted by Crippen LogP contribution is -2.15. The molecule has 0 saturated heterocycles. The van der Waals surface area contributed by atoms with E-state index < -0.39 is 0 Å². The van der Waals surface area contributed by atoms with Crippen molar-refractivity contribution >= 4 is 5.57 Å². The first-order valence-electron chi connectivity index (χ1n) is 6.38. The maximum Gasteiger partial charge on any atom is 0.123 e. The van der Waals surface area contributed by atoms with Crippen molar-refractivity contribution in [1.29, 1.82) is 0 Å². The summed E-state index contributed by atoms with van der Waals surface area (Å²) in [6.07, 6.45) is 6.85. The first kappa shape index (κ1) is 16.5. The fourth-order valence-electron chi connectivity index (χ4n) is 1.82. The second kappa shape index (κ2) is 7.87. The lowest BCUT2D eigenvalue weighted by molar-refractivity contribution is 0.627. The number of rotatable bonds is 6. The van der Waals surface area contributed by atoms with Gasteiger partial charge in [0.15, 0.2) is 0 Å². The van der Waals surface area contributed by atoms with Gasteiger partial charge >= 0.3 is 0 Å². The predicted octanol–water partition coefficient (Wildman–Crippen LogP) is 3.16. The van der Waals surface area contributed by atoms with Crippen molar-refractivity contribution in [2.45, 2.75) is 6.92 Å². The molecule has 1 aromatic rings. The minimum absolute atomic E-state index is 0.298. The summed E-state index contributed by atoms with van der Waals surface area (Å²) in [5.74, 6) is 5.10. The van der Waals surface area contributed by atoms with Crippen LogP contribution in [0.25, 0.3) is 5.57 Å². The summed E-state index contributed by atoms with van der Waals surface area (Å²) < 4.78 is 13.0. The molecule has 110 valence electrons. The highest BCUT2D eigenvalue weighted by atomic mass is 19.1. The Labute approximate surface area is 124 Å². The monoisotopic (exact) mass is 285 g/mol. The van der Waals surface area contributed by atoms with Crippen LogP contribution >= 0.6 is 0 Å². The summed E-state index contributed by atoms with van der Waals surface area (Å²) in [5.41, 5.74) is 11.9. The summed E-state index contributed by atoms with van der Waals surface area (Å²) in [6, 6.07) is 6.09. The van der Waals surface area contributed by atoms with Gasteiger partial charge in [0.05, 0.1) is 0 Å². The van der Waals surface area contributed by atoms with E-state index in [0.717, 1.165) is 16.7 Å². The number of hydrogen-bond donors (Lipinski definition) is 3. The molecule has 1 rings (SSSR count). The van der Waals surface area contributed by atoms with Gasteiger partial charge in [-0.25, -0.2) is 4.39 Å². The molecular weight excluding hydrogens is 265 g/mol. The maximum absolute atomic E-state index is 13.0. The van der Waals surface area contributed by atoms with Gasteiger partial charge in [-0.15, -0.1) is 0 Å². The molecule has 0 radical (unpaired) electrons. The van der Waals surface area contributed by atoms with Crippen LogP contribution in [0.15, 0.2) is 78.7 Å². The van der Waals surface area contributed by atoms with E-state index in [1.807, 2.05) is 0 Å². The van der Waals surface area contributed by atoms with Gasteiger partial charge in [0.25, 0.3) is 0 Å². The maximum atomic E-state index is 13.0. The van der Waals surface area contributed by atoms with Gasteiger partial charge in [-0.2, -0.15) is 0 Å². The van der Waals surface area contributed by atoms with Crippen molar-refractivity contribution in [3.63, 3.8) is 0 Å². The molecular formula is C17H20FN3. The fourth-order valence-corrected chi connectivity index (χ4v) is 1.82. The Morgan fingerprint density at radius 3 is 2.38 bits per heavy atom. The van der Waals surface area contributed by atoms with Gasteiger partial charge in [-0.1, -0.05) is 37.4 Å². The first-order valence-corrected chi connectivity index (χ1v) is 6.38. The number of nitrogens with two attached hydrogens (primary N) is 2. The third-order valence-electron chi connectivity index (χ3n) is 2.74. The summed E-state index contributed by atoms with van der Waals surface area (Å²) in [4.78, 5) is 0. The molecule has 0 saturated carbocycles. The quantitative estimate of drug-likeness (QED) is 0.427. The van der Waals surface area contributed by atoms with Crippen LogP contribution in [0.5, 0.6) is 0 Å². The normalized spacial score (nSPS) is 13.0. The number of allylic oxidation sites excluding steroid dienone is 7. The number of hydrogen-bond acceptors (Lipinski definition) is 3. The highest BCUT2D eigenvalue weighted by Gasteiger charge is 2.09. The highest BCUT2D eigenvalue weighted by molar-refractivity contribution is 5.83. The smallest absolute Gasteiger partial charge is 0.123 e. The van der Waals surface area contributed by atoms with Crippen molar-refractivity contribution in [2.75, 3.05) is 0 Å². The van der Waals surface area contributed by atoms with E-state index in [4.69, 9.17) is 11.6 Å². The van der Waals surface area contributed by atoms with Crippen molar-refractivity contribution in [3.8, 4) is 0 Å². The molecule has 0 unspecified atom stereocenters. The molecule has 0 heterocycles. The summed E-state index contributed by atoms with van der Waals surface area (Å²) >= 11 is 0. The molecule has 21 heavy (non-hydrogen) atoms. The molecule has 0 fully saturated rings. The SMILES string of the molecule is C=C/C=C(\C=C(\C)N)C(=C/NN)/C(=C)c1ccc(F)cc1. The Hall–Kier alpha value is -2.59. The van der Waals surface area contributed by atoms with Gasteiger partial charge in [-0.3, -0.25) is 5.84 Å². The zero-order chi connectivity index (χ0) is 15.8. The van der Waals surface area contributed by atoms with Crippen LogP contribution in [0.2, 0.25) is 0 Å². The Morgan fingerprint density at radius 1 is 1.29 bits per heavy atom. The van der Waals surface area contributed by atoms with E-state index >= 15 is 0 Å². The standard InChI is InChI=1S/C17H20FN3/c1-4-5-15(10-12(2)19)17(11-21-20)13(3)14-6-8-16(18)9-7-14/h4-11,21H,1,3,19-20H2,2H3/b12-10-,15-5+,17-11+. The van der Waals surface area contributed by atoms with E-state index in [2.05, 4.69) is 18.6 Å². The molecule has 0 aromatic heterocycles. The average molecular weight is 285 g/mol. The average Bonchev–Trinajstić information content (AvgIpc) is 2.44. The third-order valence-corrected chi connectivity index (χ3v) is 2.74. The minimum Gasteiger partial charge on any atom is -0.402 e. The predicted molar refractivity (Wildman–Crippen MR) is 87.1 cm³/mol. The van der Waals surface area contributed by atoms with Gasteiger partial charge in [0, 0.05) is 17.5 Å². The number of nitrogens with one attached hydrogen (secondary N) is 1. The van der Waals surface area contributed by atoms with E-state index in [9.17, 15) is 4.39 Å². The van der Waals surface area contributed by atoms with Crippen LogP contribution in [0.3, 0.4) is 0 Å². The van der Waals surface area contributed by atoms with E-state index in [1.54, 1.807) is 43.5 Å². The molecule has 0 amide bonds. The van der Waals surface area contributed by atoms with Gasteiger partial charge in [0.2, 0.25) is 0 Å². The van der Waals surface area contributed by atoms with Crippen LogP contribution < -0.4 is 17.0 Å². The Balaban J connectivity index is 3.28. The minimum atomic E-state index is -0.298. The number of hydrazine groups is 1. The van der Waals surface area contributed by atoms with Crippen molar-refractivity contribution in [2.24, 2.45) is 11.6 Å². The fraction of sp³-hybridized carbons (Fsp3) is 0.0588. The van der Waals surface area contributed by atoms with E-state index in [-0.39, 0.29) is 5.82 Å². The second-order valence-electron chi connectivity index (χ2n) is 4.46. The van der Waals surface area contributed by atoms with Crippen molar-refractivity contribution < 1.29 is 4.39 Å². The van der Waals surface area contributed by atoms with Crippen LogP contribution in [-0.4, -0.2) is 0 Å². The van der Waals surface area contributed by atoms with E-state index in [1.165, 1.54) is 12.1 Å². The molecule has 0 aliphatic carbocycles. The Kier molecular flexibility index (Phi) is 6.17. The number of benzene rings is 1. The molecule has 0 aliphatic rings.